The Hall–Kier alpha value is -2.24. The summed E-state index contributed by atoms with van der Waals surface area (Å²) in [4.78, 5) is 11.5. The van der Waals surface area contributed by atoms with Crippen molar-refractivity contribution in [3.63, 3.8) is 0 Å². The maximum Gasteiger partial charge on any atom is 0.573 e. The first kappa shape index (κ1) is 16.1. The van der Waals surface area contributed by atoms with Gasteiger partial charge in [0, 0.05) is 5.57 Å². The first-order valence-corrected chi connectivity index (χ1v) is 6.73. The molecule has 2 N–H and O–H groups in total. The average molecular weight is 313 g/mol. The molecule has 0 aromatic heterocycles. The number of rotatable bonds is 3. The number of hydrogen-bond acceptors (Lipinski definition) is 2. The Balaban J connectivity index is 2.43. The van der Waals surface area contributed by atoms with Crippen LogP contribution in [-0.2, 0) is 11.2 Å². The van der Waals surface area contributed by atoms with Gasteiger partial charge >= 0.3 is 6.36 Å². The van der Waals surface area contributed by atoms with Gasteiger partial charge in [0.2, 0.25) is 0 Å². The van der Waals surface area contributed by atoms with Crippen molar-refractivity contribution in [3.05, 3.63) is 47.1 Å². The van der Waals surface area contributed by atoms with Crippen LogP contribution in [0.25, 0.3) is 5.76 Å². The average Bonchev–Trinajstić information content (AvgIpc) is 2.55. The maximum absolute atomic E-state index is 12.3. The highest BCUT2D eigenvalue weighted by Crippen LogP contribution is 2.34. The quantitative estimate of drug-likeness (QED) is 0.633. The van der Waals surface area contributed by atoms with E-state index in [-0.39, 0.29) is 22.9 Å². The van der Waals surface area contributed by atoms with Gasteiger partial charge in [-0.25, -0.2) is 0 Å². The molecule has 0 spiro atoms. The highest BCUT2D eigenvalue weighted by atomic mass is 19.4. The van der Waals surface area contributed by atoms with E-state index in [1.165, 1.54) is 25.1 Å². The molecule has 0 radical (unpaired) electrons. The zero-order chi connectivity index (χ0) is 16.5. The fourth-order valence-electron chi connectivity index (χ4n) is 2.48. The zero-order valence-corrected chi connectivity index (χ0v) is 12.0. The second kappa shape index (κ2) is 5.87. The van der Waals surface area contributed by atoms with Crippen molar-refractivity contribution in [2.45, 2.75) is 32.5 Å². The molecule has 1 aliphatic rings. The van der Waals surface area contributed by atoms with Crippen LogP contribution in [0.3, 0.4) is 0 Å². The Morgan fingerprint density at radius 3 is 2.59 bits per heavy atom. The van der Waals surface area contributed by atoms with E-state index in [1.807, 2.05) is 0 Å². The minimum Gasteiger partial charge on any atom is -0.593 e. The van der Waals surface area contributed by atoms with Gasteiger partial charge in [0.15, 0.2) is 5.78 Å². The number of benzene rings is 1. The van der Waals surface area contributed by atoms with Crippen LogP contribution in [0, 0.1) is 0 Å². The van der Waals surface area contributed by atoms with Gasteiger partial charge in [-0.2, -0.15) is 0 Å². The SMILES string of the molecule is C=C(C(C)=O)C1=C([OH2+])c2ccc(OC(F)(F)F)cc2CCC1. The Kier molecular flexibility index (Phi) is 4.30. The van der Waals surface area contributed by atoms with Gasteiger partial charge in [-0.1, -0.05) is 6.58 Å². The van der Waals surface area contributed by atoms with Crippen LogP contribution in [0.2, 0.25) is 0 Å². The Morgan fingerprint density at radius 2 is 2.00 bits per heavy atom. The number of carbonyl (C=O) groups excluding carboxylic acids is 1. The third-order valence-corrected chi connectivity index (χ3v) is 3.54. The lowest BCUT2D eigenvalue weighted by molar-refractivity contribution is -0.274. The molecule has 1 aliphatic carbocycles. The summed E-state index contributed by atoms with van der Waals surface area (Å²) < 4.78 is 40.7. The standard InChI is InChI=1S/C16H15F3O3/c1-9(10(2)20)13-5-3-4-11-8-12(22-16(17,18)19)6-7-14(11)15(13)21/h6-8,21H,1,3-5H2,2H3/p+1. The number of ketones is 1. The topological polar surface area (TPSA) is 49.2 Å². The predicted octanol–water partition coefficient (Wildman–Crippen LogP) is 3.50. The number of halogens is 3. The molecule has 6 heteroatoms. The number of aryl methyl sites for hydroxylation is 1. The summed E-state index contributed by atoms with van der Waals surface area (Å²) in [6.45, 7) is 5.09. The summed E-state index contributed by atoms with van der Waals surface area (Å²) in [5.74, 6) is -0.362. The second-order valence-corrected chi connectivity index (χ2v) is 5.11. The number of allylic oxidation sites excluding steroid dienone is 2. The number of ether oxygens (including phenoxy) is 1. The fourth-order valence-corrected chi connectivity index (χ4v) is 2.48. The molecule has 0 heterocycles. The van der Waals surface area contributed by atoms with Crippen LogP contribution in [0.1, 0.15) is 30.9 Å². The van der Waals surface area contributed by atoms with Crippen LogP contribution in [0.5, 0.6) is 5.75 Å². The van der Waals surface area contributed by atoms with Crippen LogP contribution in [0.15, 0.2) is 35.9 Å². The highest BCUT2D eigenvalue weighted by Gasteiger charge is 2.32. The molecule has 0 saturated heterocycles. The van der Waals surface area contributed by atoms with Crippen molar-refractivity contribution < 1.29 is 27.8 Å². The number of alkyl halides is 3. The normalized spacial score (nSPS) is 15.1. The first-order chi connectivity index (χ1) is 10.2. The fraction of sp³-hybridized carbons (Fsp3) is 0.312. The summed E-state index contributed by atoms with van der Waals surface area (Å²) >= 11 is 0. The van der Waals surface area contributed by atoms with Crippen molar-refractivity contribution in [1.29, 1.82) is 0 Å². The van der Waals surface area contributed by atoms with Crippen LogP contribution < -0.4 is 4.74 Å². The van der Waals surface area contributed by atoms with E-state index in [0.29, 0.717) is 36.0 Å². The monoisotopic (exact) mass is 313 g/mol. The third-order valence-electron chi connectivity index (χ3n) is 3.54. The van der Waals surface area contributed by atoms with E-state index >= 15 is 0 Å². The third kappa shape index (κ3) is 3.50. The second-order valence-electron chi connectivity index (χ2n) is 5.11. The van der Waals surface area contributed by atoms with Crippen molar-refractivity contribution in [2.24, 2.45) is 0 Å². The Bertz CT molecular complexity index is 657. The predicted molar refractivity (Wildman–Crippen MR) is 76.4 cm³/mol. The number of fused-ring (bicyclic) bond motifs is 1. The summed E-state index contributed by atoms with van der Waals surface area (Å²) in [5, 5.41) is 8.23. The van der Waals surface area contributed by atoms with E-state index < -0.39 is 6.36 Å². The molecule has 118 valence electrons. The smallest absolute Gasteiger partial charge is 0.573 e. The van der Waals surface area contributed by atoms with Crippen molar-refractivity contribution in [3.8, 4) is 5.75 Å². The number of hydrogen-bond donors (Lipinski definition) is 0. The molecular weight excluding hydrogens is 297 g/mol. The van der Waals surface area contributed by atoms with Gasteiger partial charge in [-0.3, -0.25) is 4.79 Å². The van der Waals surface area contributed by atoms with E-state index in [0.717, 1.165) is 0 Å². The van der Waals surface area contributed by atoms with E-state index in [9.17, 15) is 18.0 Å². The molecular formula is C16H16F3O3+. The summed E-state index contributed by atoms with van der Waals surface area (Å²) in [6.07, 6.45) is -3.10. The van der Waals surface area contributed by atoms with Gasteiger partial charge in [-0.15, -0.1) is 13.2 Å². The summed E-state index contributed by atoms with van der Waals surface area (Å²) in [7, 11) is 0. The molecule has 2 rings (SSSR count). The lowest BCUT2D eigenvalue weighted by Crippen LogP contribution is -2.17. The number of carbonyl (C=O) groups is 1. The number of Topliss-reactive ketones (excluding diaryl/α,β-unsaturated/α-hetero) is 1. The molecule has 3 nitrogen and oxygen atoms in total. The molecule has 0 saturated carbocycles. The minimum atomic E-state index is -4.74. The van der Waals surface area contributed by atoms with Crippen LogP contribution in [-0.4, -0.2) is 17.3 Å². The highest BCUT2D eigenvalue weighted by molar-refractivity contribution is 5.99. The van der Waals surface area contributed by atoms with Crippen molar-refractivity contribution in [2.75, 3.05) is 0 Å². The van der Waals surface area contributed by atoms with Gasteiger partial charge < -0.3 is 9.84 Å². The molecule has 0 fully saturated rings. The Morgan fingerprint density at radius 1 is 1.32 bits per heavy atom. The maximum atomic E-state index is 12.3. The van der Waals surface area contributed by atoms with Crippen LogP contribution in [0.4, 0.5) is 13.2 Å². The van der Waals surface area contributed by atoms with Gasteiger partial charge in [-0.05, 0) is 49.9 Å². The molecule has 1 aromatic carbocycles. The molecule has 0 bridgehead atoms. The van der Waals surface area contributed by atoms with Gasteiger partial charge in [0.1, 0.15) is 5.75 Å². The van der Waals surface area contributed by atoms with E-state index in [4.69, 9.17) is 5.11 Å². The lowest BCUT2D eigenvalue weighted by atomic mass is 9.97. The van der Waals surface area contributed by atoms with E-state index in [1.54, 1.807) is 0 Å². The summed E-state index contributed by atoms with van der Waals surface area (Å²) in [5.41, 5.74) is 1.96. The summed E-state index contributed by atoms with van der Waals surface area (Å²) in [6, 6.07) is 3.91. The molecule has 0 amide bonds. The molecule has 0 atom stereocenters. The largest absolute Gasteiger partial charge is 0.593 e. The first-order valence-electron chi connectivity index (χ1n) is 6.73. The van der Waals surface area contributed by atoms with Crippen molar-refractivity contribution in [1.82, 2.24) is 0 Å². The zero-order valence-electron chi connectivity index (χ0n) is 12.0. The lowest BCUT2D eigenvalue weighted by Gasteiger charge is -2.11. The van der Waals surface area contributed by atoms with E-state index in [2.05, 4.69) is 11.3 Å². The van der Waals surface area contributed by atoms with Gasteiger partial charge in [0.05, 0.1) is 11.1 Å². The molecule has 0 aliphatic heterocycles. The Labute approximate surface area is 125 Å². The molecule has 22 heavy (non-hydrogen) atoms. The van der Waals surface area contributed by atoms with Gasteiger partial charge in [0.25, 0.3) is 5.76 Å². The molecule has 1 aromatic rings. The van der Waals surface area contributed by atoms with Crippen molar-refractivity contribution >= 4 is 11.5 Å². The molecule has 0 unspecified atom stereocenters. The minimum absolute atomic E-state index is 0.145. The van der Waals surface area contributed by atoms with Crippen LogP contribution >= 0.6 is 0 Å².